The number of nitrogens with zero attached hydrogens (tertiary/aromatic N) is 4. The SMILES string of the molecule is c1ccc(-c2cc(N3CCN(c4cc(-c5ccccc5)n5ccccc45)CC3)c3ccccn23)cc1. The molecule has 4 heteroatoms. The van der Waals surface area contributed by atoms with Gasteiger partial charge in [0, 0.05) is 38.6 Å². The Morgan fingerprint density at radius 3 is 1.22 bits per heavy atom. The molecule has 1 saturated heterocycles. The maximum absolute atomic E-state index is 2.55. The Morgan fingerprint density at radius 1 is 0.417 bits per heavy atom. The number of hydrogen-bond acceptors (Lipinski definition) is 2. The summed E-state index contributed by atoms with van der Waals surface area (Å²) in [6.45, 7) is 3.97. The van der Waals surface area contributed by atoms with Gasteiger partial charge >= 0.3 is 0 Å². The Morgan fingerprint density at radius 2 is 0.806 bits per heavy atom. The summed E-state index contributed by atoms with van der Waals surface area (Å²) >= 11 is 0. The molecule has 0 bridgehead atoms. The number of hydrogen-bond donors (Lipinski definition) is 0. The van der Waals surface area contributed by atoms with E-state index >= 15 is 0 Å². The molecule has 0 N–H and O–H groups in total. The molecule has 0 spiro atoms. The third-order valence-electron chi connectivity index (χ3n) is 7.41. The van der Waals surface area contributed by atoms with E-state index in [2.05, 4.69) is 140 Å². The van der Waals surface area contributed by atoms with Crippen molar-refractivity contribution in [3.8, 4) is 22.5 Å². The molecule has 4 nitrogen and oxygen atoms in total. The molecule has 7 rings (SSSR count). The highest BCUT2D eigenvalue weighted by atomic mass is 15.3. The molecule has 0 amide bonds. The minimum Gasteiger partial charge on any atom is -0.366 e. The molecular weight excluding hydrogens is 440 g/mol. The molecule has 1 fully saturated rings. The van der Waals surface area contributed by atoms with Gasteiger partial charge in [-0.15, -0.1) is 0 Å². The van der Waals surface area contributed by atoms with Crippen LogP contribution >= 0.6 is 0 Å². The van der Waals surface area contributed by atoms with Crippen LogP contribution in [0.25, 0.3) is 33.5 Å². The molecule has 0 atom stereocenters. The van der Waals surface area contributed by atoms with E-state index in [4.69, 9.17) is 0 Å². The molecule has 0 radical (unpaired) electrons. The maximum Gasteiger partial charge on any atom is 0.0690 e. The van der Waals surface area contributed by atoms with E-state index in [0.29, 0.717) is 0 Å². The van der Waals surface area contributed by atoms with E-state index in [1.165, 1.54) is 44.9 Å². The van der Waals surface area contributed by atoms with Crippen LogP contribution in [-0.2, 0) is 0 Å². The van der Waals surface area contributed by atoms with E-state index in [0.717, 1.165) is 26.2 Å². The largest absolute Gasteiger partial charge is 0.366 e. The molecule has 1 aliphatic rings. The Labute approximate surface area is 211 Å². The summed E-state index contributed by atoms with van der Waals surface area (Å²) in [7, 11) is 0. The van der Waals surface area contributed by atoms with Crippen molar-refractivity contribution >= 4 is 22.4 Å². The summed E-state index contributed by atoms with van der Waals surface area (Å²) in [5.41, 5.74) is 10.2. The van der Waals surface area contributed by atoms with Crippen molar-refractivity contribution in [3.05, 3.63) is 122 Å². The summed E-state index contributed by atoms with van der Waals surface area (Å²) in [5, 5.41) is 0. The van der Waals surface area contributed by atoms with Crippen LogP contribution in [0, 0.1) is 0 Å². The van der Waals surface area contributed by atoms with Crippen LogP contribution in [0.3, 0.4) is 0 Å². The van der Waals surface area contributed by atoms with Crippen molar-refractivity contribution in [2.75, 3.05) is 36.0 Å². The number of rotatable bonds is 4. The predicted octanol–water partition coefficient (Wildman–Crippen LogP) is 6.85. The number of aromatic nitrogens is 2. The first-order valence-electron chi connectivity index (χ1n) is 12.7. The van der Waals surface area contributed by atoms with Crippen LogP contribution in [0.1, 0.15) is 0 Å². The van der Waals surface area contributed by atoms with Gasteiger partial charge < -0.3 is 18.6 Å². The highest BCUT2D eigenvalue weighted by molar-refractivity contribution is 5.84. The van der Waals surface area contributed by atoms with E-state index < -0.39 is 0 Å². The van der Waals surface area contributed by atoms with Gasteiger partial charge in [0.25, 0.3) is 0 Å². The van der Waals surface area contributed by atoms with E-state index in [9.17, 15) is 0 Å². The molecule has 5 heterocycles. The molecule has 0 saturated carbocycles. The molecule has 1 aliphatic heterocycles. The van der Waals surface area contributed by atoms with Gasteiger partial charge in [-0.05, 0) is 47.5 Å². The smallest absolute Gasteiger partial charge is 0.0690 e. The lowest BCUT2D eigenvalue weighted by Gasteiger charge is -2.36. The molecule has 6 aromatic rings. The Balaban J connectivity index is 1.20. The first kappa shape index (κ1) is 20.9. The Bertz CT molecular complexity index is 1510. The van der Waals surface area contributed by atoms with Crippen LogP contribution in [0.5, 0.6) is 0 Å². The summed E-state index contributed by atoms with van der Waals surface area (Å²) in [4.78, 5) is 5.10. The first-order chi connectivity index (χ1) is 17.9. The van der Waals surface area contributed by atoms with Gasteiger partial charge in [-0.25, -0.2) is 0 Å². The quantitative estimate of drug-likeness (QED) is 0.281. The van der Waals surface area contributed by atoms with Crippen LogP contribution in [-0.4, -0.2) is 35.0 Å². The van der Waals surface area contributed by atoms with Crippen molar-refractivity contribution in [1.29, 1.82) is 0 Å². The fourth-order valence-corrected chi connectivity index (χ4v) is 5.63. The van der Waals surface area contributed by atoms with Crippen molar-refractivity contribution in [3.63, 3.8) is 0 Å². The maximum atomic E-state index is 2.55. The number of fused-ring (bicyclic) bond motifs is 2. The van der Waals surface area contributed by atoms with Crippen LogP contribution in [0.15, 0.2) is 122 Å². The predicted molar refractivity (Wildman–Crippen MR) is 150 cm³/mol. The monoisotopic (exact) mass is 468 g/mol. The van der Waals surface area contributed by atoms with Gasteiger partial charge in [0.05, 0.1) is 33.8 Å². The van der Waals surface area contributed by atoms with Crippen molar-refractivity contribution < 1.29 is 0 Å². The van der Waals surface area contributed by atoms with Gasteiger partial charge in [0.15, 0.2) is 0 Å². The minimum atomic E-state index is 0.994. The molecular formula is C32H28N4. The van der Waals surface area contributed by atoms with Gasteiger partial charge in [-0.2, -0.15) is 0 Å². The standard InChI is InChI=1S/C32H28N4/c1-3-11-25(12-4-1)29-23-31(27-15-7-9-17-35(27)29)33-19-21-34(22-20-33)32-24-30(26-13-5-2-6-14-26)36-18-10-8-16-28(32)36/h1-18,23-24H,19-22H2. The van der Waals surface area contributed by atoms with Crippen LogP contribution in [0.2, 0.25) is 0 Å². The van der Waals surface area contributed by atoms with Gasteiger partial charge in [0.1, 0.15) is 0 Å². The number of benzene rings is 2. The number of pyridine rings is 2. The second kappa shape index (κ2) is 8.65. The van der Waals surface area contributed by atoms with Gasteiger partial charge in [-0.3, -0.25) is 0 Å². The average Bonchev–Trinajstić information content (AvgIpc) is 3.54. The zero-order valence-corrected chi connectivity index (χ0v) is 20.2. The fraction of sp³-hybridized carbons (Fsp3) is 0.125. The van der Waals surface area contributed by atoms with Crippen molar-refractivity contribution in [2.45, 2.75) is 0 Å². The zero-order valence-electron chi connectivity index (χ0n) is 20.2. The van der Waals surface area contributed by atoms with E-state index in [1.807, 2.05) is 0 Å². The summed E-state index contributed by atoms with van der Waals surface area (Å²) < 4.78 is 4.65. The third kappa shape index (κ3) is 3.45. The molecule has 2 aromatic carbocycles. The third-order valence-corrected chi connectivity index (χ3v) is 7.41. The summed E-state index contributed by atoms with van der Waals surface area (Å²) in [6, 6.07) is 39.1. The van der Waals surface area contributed by atoms with E-state index in [-0.39, 0.29) is 0 Å². The second-order valence-corrected chi connectivity index (χ2v) is 9.45. The highest BCUT2D eigenvalue weighted by Gasteiger charge is 2.24. The number of anilines is 2. The summed E-state index contributed by atoms with van der Waals surface area (Å²) in [6.07, 6.45) is 4.35. The van der Waals surface area contributed by atoms with Crippen molar-refractivity contribution in [2.24, 2.45) is 0 Å². The molecule has 0 aliphatic carbocycles. The highest BCUT2D eigenvalue weighted by Crippen LogP contribution is 2.35. The van der Waals surface area contributed by atoms with E-state index in [1.54, 1.807) is 0 Å². The molecule has 4 aromatic heterocycles. The second-order valence-electron chi connectivity index (χ2n) is 9.45. The lowest BCUT2D eigenvalue weighted by molar-refractivity contribution is 0.657. The van der Waals surface area contributed by atoms with Gasteiger partial charge in [0.2, 0.25) is 0 Å². The topological polar surface area (TPSA) is 15.3 Å². The van der Waals surface area contributed by atoms with Crippen LogP contribution in [0.4, 0.5) is 11.4 Å². The number of piperazine rings is 1. The lowest BCUT2D eigenvalue weighted by atomic mass is 10.1. The average molecular weight is 469 g/mol. The van der Waals surface area contributed by atoms with Crippen LogP contribution < -0.4 is 9.80 Å². The van der Waals surface area contributed by atoms with Crippen molar-refractivity contribution in [1.82, 2.24) is 8.80 Å². The molecule has 176 valence electrons. The lowest BCUT2D eigenvalue weighted by Crippen LogP contribution is -2.46. The Hall–Kier alpha value is -4.44. The summed E-state index contributed by atoms with van der Waals surface area (Å²) in [5.74, 6) is 0. The fourth-order valence-electron chi connectivity index (χ4n) is 5.63. The Kier molecular flexibility index (Phi) is 5.02. The first-order valence-corrected chi connectivity index (χ1v) is 12.7. The minimum absolute atomic E-state index is 0.994. The molecule has 0 unspecified atom stereocenters. The van der Waals surface area contributed by atoms with Gasteiger partial charge in [-0.1, -0.05) is 72.8 Å². The zero-order chi connectivity index (χ0) is 23.9. The normalized spacial score (nSPS) is 14.1. The molecule has 36 heavy (non-hydrogen) atoms.